The van der Waals surface area contributed by atoms with E-state index < -0.39 is 10.9 Å². The maximum absolute atomic E-state index is 11.5. The van der Waals surface area contributed by atoms with Gasteiger partial charge in [0.2, 0.25) is 0 Å². The molecule has 2 N–H and O–H groups in total. The summed E-state index contributed by atoms with van der Waals surface area (Å²) < 4.78 is 0. The molecule has 1 rings (SSSR count). The van der Waals surface area contributed by atoms with E-state index in [0.29, 0.717) is 23.3 Å². The fourth-order valence-electron chi connectivity index (χ4n) is 1.97. The number of likely N-dealkylation sites (N-methyl/N-ethyl adjacent to an activating group) is 1. The Morgan fingerprint density at radius 2 is 1.45 bits per heavy atom. The van der Waals surface area contributed by atoms with E-state index in [0.717, 1.165) is 25.9 Å². The van der Waals surface area contributed by atoms with Crippen LogP contribution in [0.15, 0.2) is 9.59 Å². The Kier molecular flexibility index (Phi) is 5.74. The van der Waals surface area contributed by atoms with Crippen LogP contribution in [-0.2, 0) is 0 Å². The van der Waals surface area contributed by atoms with Gasteiger partial charge in [0, 0.05) is 19.6 Å². The van der Waals surface area contributed by atoms with Crippen LogP contribution in [0.4, 0.5) is 11.4 Å². The van der Waals surface area contributed by atoms with Crippen LogP contribution in [0.5, 0.6) is 0 Å². The summed E-state index contributed by atoms with van der Waals surface area (Å²) in [4.78, 5) is 25.1. The topological polar surface area (TPSA) is 61.4 Å². The van der Waals surface area contributed by atoms with E-state index in [2.05, 4.69) is 31.4 Å². The molecule has 114 valence electrons. The van der Waals surface area contributed by atoms with E-state index in [1.807, 2.05) is 19.0 Å². The van der Waals surface area contributed by atoms with Crippen molar-refractivity contribution < 1.29 is 0 Å². The van der Waals surface area contributed by atoms with Crippen LogP contribution in [0.3, 0.4) is 0 Å². The summed E-state index contributed by atoms with van der Waals surface area (Å²) >= 11 is 0. The third-order valence-corrected chi connectivity index (χ3v) is 3.18. The minimum atomic E-state index is -0.401. The summed E-state index contributed by atoms with van der Waals surface area (Å²) in [6.45, 7) is 8.79. The predicted molar refractivity (Wildman–Crippen MR) is 85.6 cm³/mol. The van der Waals surface area contributed by atoms with Crippen LogP contribution < -0.4 is 21.5 Å². The standard InChI is InChI=1S/C15H27N3O2/c1-15(2,3)7-6-8-16-11-12(14(20)13(11)19)17-9-10-18(4)5/h16-17H,6-10H2,1-5H3. The van der Waals surface area contributed by atoms with Crippen LogP contribution in [0.1, 0.15) is 33.6 Å². The molecule has 0 saturated carbocycles. The van der Waals surface area contributed by atoms with Gasteiger partial charge in [0.05, 0.1) is 0 Å². The van der Waals surface area contributed by atoms with E-state index in [-0.39, 0.29) is 0 Å². The molecule has 0 fully saturated rings. The zero-order chi connectivity index (χ0) is 15.3. The first kappa shape index (κ1) is 16.7. The Bertz CT molecular complexity index is 494. The lowest BCUT2D eigenvalue weighted by Gasteiger charge is -2.19. The molecule has 0 amide bonds. The van der Waals surface area contributed by atoms with Crippen molar-refractivity contribution in [2.75, 3.05) is 44.4 Å². The van der Waals surface area contributed by atoms with Gasteiger partial charge in [-0.1, -0.05) is 20.8 Å². The molecule has 5 nitrogen and oxygen atoms in total. The SMILES string of the molecule is CN(C)CCNc1c(NCCCC(C)(C)C)c(=O)c1=O. The minimum absolute atomic E-state index is 0.294. The lowest BCUT2D eigenvalue weighted by Crippen LogP contribution is -2.38. The van der Waals surface area contributed by atoms with E-state index >= 15 is 0 Å². The molecule has 0 radical (unpaired) electrons. The molecule has 1 aromatic rings. The summed E-state index contributed by atoms with van der Waals surface area (Å²) in [5, 5.41) is 6.14. The highest BCUT2D eigenvalue weighted by Crippen LogP contribution is 2.21. The van der Waals surface area contributed by atoms with E-state index in [9.17, 15) is 9.59 Å². The van der Waals surface area contributed by atoms with Gasteiger partial charge in [0.15, 0.2) is 0 Å². The van der Waals surface area contributed by atoms with Crippen LogP contribution in [-0.4, -0.2) is 38.6 Å². The fourth-order valence-corrected chi connectivity index (χ4v) is 1.97. The first-order valence-corrected chi connectivity index (χ1v) is 7.18. The Hall–Kier alpha value is -1.36. The second kappa shape index (κ2) is 6.88. The second-order valence-corrected chi connectivity index (χ2v) is 6.73. The highest BCUT2D eigenvalue weighted by Gasteiger charge is 2.20. The van der Waals surface area contributed by atoms with Crippen molar-refractivity contribution in [3.05, 3.63) is 20.4 Å². The molecule has 0 saturated heterocycles. The molecule has 0 aliphatic rings. The monoisotopic (exact) mass is 281 g/mol. The number of hydrogen-bond donors (Lipinski definition) is 2. The van der Waals surface area contributed by atoms with E-state index in [4.69, 9.17) is 0 Å². The Morgan fingerprint density at radius 1 is 0.950 bits per heavy atom. The second-order valence-electron chi connectivity index (χ2n) is 6.73. The Labute approximate surface area is 121 Å². The fraction of sp³-hybridized carbons (Fsp3) is 0.733. The molecule has 1 aromatic carbocycles. The van der Waals surface area contributed by atoms with Crippen molar-refractivity contribution in [1.82, 2.24) is 4.90 Å². The normalized spacial score (nSPS) is 12.1. The minimum Gasteiger partial charge on any atom is -0.380 e. The molecule has 0 atom stereocenters. The van der Waals surface area contributed by atoms with Gasteiger partial charge in [0.1, 0.15) is 11.4 Å². The van der Waals surface area contributed by atoms with Crippen LogP contribution in [0.2, 0.25) is 0 Å². The van der Waals surface area contributed by atoms with Crippen molar-refractivity contribution in [1.29, 1.82) is 0 Å². The largest absolute Gasteiger partial charge is 0.380 e. The van der Waals surface area contributed by atoms with Crippen LogP contribution in [0, 0.1) is 5.41 Å². The van der Waals surface area contributed by atoms with Gasteiger partial charge in [-0.25, -0.2) is 0 Å². The van der Waals surface area contributed by atoms with E-state index in [1.165, 1.54) is 0 Å². The van der Waals surface area contributed by atoms with Gasteiger partial charge in [-0.05, 0) is 32.4 Å². The molecule has 20 heavy (non-hydrogen) atoms. The smallest absolute Gasteiger partial charge is 0.253 e. The molecule has 0 aromatic heterocycles. The number of nitrogens with zero attached hydrogens (tertiary/aromatic N) is 1. The number of rotatable bonds is 8. The lowest BCUT2D eigenvalue weighted by molar-refractivity contribution is 0.370. The number of anilines is 2. The molecule has 0 aliphatic heterocycles. The third kappa shape index (κ3) is 4.96. The van der Waals surface area contributed by atoms with Crippen molar-refractivity contribution >= 4 is 11.4 Å². The molecule has 0 aliphatic carbocycles. The van der Waals surface area contributed by atoms with Crippen molar-refractivity contribution in [3.8, 4) is 0 Å². The Morgan fingerprint density at radius 3 is 1.90 bits per heavy atom. The molecule has 0 unspecified atom stereocenters. The number of hydrogen-bond acceptors (Lipinski definition) is 5. The highest BCUT2D eigenvalue weighted by atomic mass is 16.2. The Balaban J connectivity index is 2.44. The predicted octanol–water partition coefficient (Wildman–Crippen LogP) is 1.49. The summed E-state index contributed by atoms with van der Waals surface area (Å²) in [6, 6.07) is 0. The highest BCUT2D eigenvalue weighted by molar-refractivity contribution is 5.73. The summed E-state index contributed by atoms with van der Waals surface area (Å²) in [7, 11) is 3.94. The van der Waals surface area contributed by atoms with Gasteiger partial charge in [0.25, 0.3) is 10.9 Å². The van der Waals surface area contributed by atoms with Crippen LogP contribution in [0.25, 0.3) is 0 Å². The van der Waals surface area contributed by atoms with Gasteiger partial charge in [-0.15, -0.1) is 0 Å². The van der Waals surface area contributed by atoms with Crippen molar-refractivity contribution in [3.63, 3.8) is 0 Å². The maximum Gasteiger partial charge on any atom is 0.253 e. The average Bonchev–Trinajstić information content (AvgIpc) is 2.33. The summed E-state index contributed by atoms with van der Waals surface area (Å²) in [6.07, 6.45) is 2.07. The summed E-state index contributed by atoms with van der Waals surface area (Å²) in [5.74, 6) is 0. The first-order valence-electron chi connectivity index (χ1n) is 7.18. The molecule has 5 heteroatoms. The third-order valence-electron chi connectivity index (χ3n) is 3.18. The van der Waals surface area contributed by atoms with Crippen LogP contribution >= 0.6 is 0 Å². The van der Waals surface area contributed by atoms with Gasteiger partial charge < -0.3 is 15.5 Å². The maximum atomic E-state index is 11.5. The average molecular weight is 281 g/mol. The molecule has 0 spiro atoms. The molecular formula is C15H27N3O2. The number of nitrogens with one attached hydrogen (secondary N) is 2. The van der Waals surface area contributed by atoms with Gasteiger partial charge in [-0.2, -0.15) is 0 Å². The van der Waals surface area contributed by atoms with Crippen molar-refractivity contribution in [2.24, 2.45) is 5.41 Å². The first-order chi connectivity index (χ1) is 9.22. The zero-order valence-electron chi connectivity index (χ0n) is 13.3. The zero-order valence-corrected chi connectivity index (χ0v) is 13.3. The van der Waals surface area contributed by atoms with Gasteiger partial charge in [-0.3, -0.25) is 9.59 Å². The molecule has 0 heterocycles. The van der Waals surface area contributed by atoms with Crippen molar-refractivity contribution in [2.45, 2.75) is 33.6 Å². The summed E-state index contributed by atoms with van der Waals surface area (Å²) in [5.41, 5.74) is 0.410. The van der Waals surface area contributed by atoms with Gasteiger partial charge >= 0.3 is 0 Å². The lowest BCUT2D eigenvalue weighted by atomic mass is 9.90. The molecular weight excluding hydrogens is 254 g/mol. The van der Waals surface area contributed by atoms with E-state index in [1.54, 1.807) is 0 Å². The molecule has 0 bridgehead atoms. The quantitative estimate of drug-likeness (QED) is 0.558.